The number of nitrogens with one attached hydrogen (secondary N) is 1. The van der Waals surface area contributed by atoms with Gasteiger partial charge in [-0.25, -0.2) is 4.98 Å². The number of aliphatic hydroxyl groups is 2. The zero-order valence-corrected chi connectivity index (χ0v) is 21.1. The zero-order chi connectivity index (χ0) is 24.5. The van der Waals surface area contributed by atoms with Gasteiger partial charge in [-0.15, -0.1) is 12.4 Å². The summed E-state index contributed by atoms with van der Waals surface area (Å²) in [5.74, 6) is -0.223. The molecule has 2 heterocycles. The van der Waals surface area contributed by atoms with Crippen molar-refractivity contribution in [2.24, 2.45) is 0 Å². The maximum absolute atomic E-state index is 13.7. The Morgan fingerprint density at radius 2 is 1.89 bits per heavy atom. The van der Waals surface area contributed by atoms with Gasteiger partial charge in [-0.3, -0.25) is 4.79 Å². The number of aromatic amines is 1. The Morgan fingerprint density at radius 1 is 1.11 bits per heavy atom. The molecule has 0 saturated heterocycles. The Morgan fingerprint density at radius 3 is 2.58 bits per heavy atom. The van der Waals surface area contributed by atoms with Crippen LogP contribution in [0.4, 0.5) is 11.4 Å². The third kappa shape index (κ3) is 5.10. The van der Waals surface area contributed by atoms with E-state index in [9.17, 15) is 15.0 Å². The highest BCUT2D eigenvalue weighted by molar-refractivity contribution is 6.30. The largest absolute Gasteiger partial charge is 0.384 e. The highest BCUT2D eigenvalue weighted by Gasteiger charge is 2.37. The van der Waals surface area contributed by atoms with Gasteiger partial charge in [0.05, 0.1) is 24.8 Å². The molecule has 0 bridgehead atoms. The minimum atomic E-state index is -1.20. The molecule has 1 aromatic heterocycles. The van der Waals surface area contributed by atoms with Crippen LogP contribution in [-0.2, 0) is 11.3 Å². The van der Waals surface area contributed by atoms with E-state index in [0.717, 1.165) is 22.4 Å². The molecular weight excluding hydrogens is 499 g/mol. The van der Waals surface area contributed by atoms with Crippen LogP contribution in [-0.4, -0.2) is 38.9 Å². The van der Waals surface area contributed by atoms with Crippen LogP contribution in [0.2, 0.25) is 5.02 Å². The number of aryl methyl sites for hydroxylation is 1. The van der Waals surface area contributed by atoms with Crippen LogP contribution in [0.3, 0.4) is 0 Å². The molecule has 2 atom stereocenters. The lowest BCUT2D eigenvalue weighted by Gasteiger charge is -2.29. The monoisotopic (exact) mass is 524 g/mol. The van der Waals surface area contributed by atoms with Crippen molar-refractivity contribution in [1.82, 2.24) is 9.97 Å². The molecule has 9 heteroatoms. The van der Waals surface area contributed by atoms with E-state index in [-0.39, 0.29) is 24.9 Å². The second-order valence-corrected chi connectivity index (χ2v) is 9.11. The van der Waals surface area contributed by atoms with Crippen LogP contribution in [0.5, 0.6) is 0 Å². The molecule has 36 heavy (non-hydrogen) atoms. The van der Waals surface area contributed by atoms with Crippen LogP contribution in [0, 0.1) is 6.92 Å². The summed E-state index contributed by atoms with van der Waals surface area (Å²) in [6.07, 6.45) is 1.08. The minimum absolute atomic E-state index is 0. The fourth-order valence-corrected chi connectivity index (χ4v) is 4.64. The van der Waals surface area contributed by atoms with Gasteiger partial charge in [0.15, 0.2) is 6.23 Å². The van der Waals surface area contributed by atoms with Crippen molar-refractivity contribution in [1.29, 1.82) is 0 Å². The lowest BCUT2D eigenvalue weighted by Crippen LogP contribution is -2.44. The quantitative estimate of drug-likeness (QED) is 0.334. The van der Waals surface area contributed by atoms with Gasteiger partial charge in [-0.05, 0) is 48.4 Å². The third-order valence-electron chi connectivity index (χ3n) is 6.24. The lowest BCUT2D eigenvalue weighted by atomic mass is 10.1. The number of aromatic nitrogens is 2. The van der Waals surface area contributed by atoms with E-state index in [4.69, 9.17) is 11.6 Å². The average molecular weight is 525 g/mol. The predicted octanol–water partition coefficient (Wildman–Crippen LogP) is 4.87. The number of halogens is 2. The van der Waals surface area contributed by atoms with Gasteiger partial charge in [0.1, 0.15) is 12.6 Å². The fourth-order valence-electron chi connectivity index (χ4n) is 4.43. The number of aliphatic hydroxyl groups excluding tert-OH is 2. The number of hydrogen-bond acceptors (Lipinski definition) is 5. The van der Waals surface area contributed by atoms with Crippen LogP contribution in [0.25, 0.3) is 11.3 Å². The molecule has 3 aromatic carbocycles. The number of benzene rings is 3. The van der Waals surface area contributed by atoms with Crippen LogP contribution in [0.1, 0.15) is 22.8 Å². The number of carbonyl (C=O) groups is 1. The van der Waals surface area contributed by atoms with Crippen molar-refractivity contribution in [2.45, 2.75) is 25.8 Å². The molecule has 1 aliphatic heterocycles. The Balaban J connectivity index is 0.00000304. The van der Waals surface area contributed by atoms with Crippen molar-refractivity contribution < 1.29 is 15.0 Å². The van der Waals surface area contributed by atoms with E-state index in [2.05, 4.69) is 9.97 Å². The first-order valence-corrected chi connectivity index (χ1v) is 11.7. The molecule has 1 amide bonds. The topological polar surface area (TPSA) is 92.7 Å². The number of anilines is 2. The third-order valence-corrected chi connectivity index (χ3v) is 6.47. The fraction of sp³-hybridized carbons (Fsp3) is 0.185. The minimum Gasteiger partial charge on any atom is -0.384 e. The Labute approximate surface area is 220 Å². The summed E-state index contributed by atoms with van der Waals surface area (Å²) >= 11 is 6.19. The van der Waals surface area contributed by atoms with E-state index >= 15 is 0 Å². The summed E-state index contributed by atoms with van der Waals surface area (Å²) in [7, 11) is 0. The maximum atomic E-state index is 13.7. The molecule has 5 rings (SSSR count). The molecule has 2 unspecified atom stereocenters. The van der Waals surface area contributed by atoms with E-state index in [1.807, 2.05) is 67.6 Å². The Kier molecular flexibility index (Phi) is 7.66. The van der Waals surface area contributed by atoms with Crippen molar-refractivity contribution in [2.75, 3.05) is 16.3 Å². The molecule has 4 aromatic rings. The normalized spacial score (nSPS) is 16.4. The number of nitrogens with zero attached hydrogens (tertiary/aromatic N) is 3. The molecule has 3 N–H and O–H groups in total. The number of imidazole rings is 1. The van der Waals surface area contributed by atoms with Crippen LogP contribution >= 0.6 is 24.0 Å². The van der Waals surface area contributed by atoms with Crippen LogP contribution in [0.15, 0.2) is 79.3 Å². The number of H-pyrrole nitrogens is 1. The SMILES string of the molecule is Cc1ccc2c(c1)C(O)C(O)N2CC(=O)N(Cc1cccc(Cl)c1)c1ccc(-c2cnc[nH]2)cc1.Cl. The lowest BCUT2D eigenvalue weighted by molar-refractivity contribution is -0.118. The summed E-state index contributed by atoms with van der Waals surface area (Å²) in [6, 6.07) is 20.6. The van der Waals surface area contributed by atoms with Crippen molar-refractivity contribution >= 4 is 41.3 Å². The summed E-state index contributed by atoms with van der Waals surface area (Å²) in [4.78, 5) is 24.0. The first-order valence-electron chi connectivity index (χ1n) is 11.3. The summed E-state index contributed by atoms with van der Waals surface area (Å²) in [5.41, 5.74) is 5.66. The van der Waals surface area contributed by atoms with Crippen molar-refractivity contribution in [3.05, 3.63) is 101 Å². The Bertz CT molecular complexity index is 1350. The summed E-state index contributed by atoms with van der Waals surface area (Å²) in [5, 5.41) is 21.9. The summed E-state index contributed by atoms with van der Waals surface area (Å²) in [6.45, 7) is 2.13. The zero-order valence-electron chi connectivity index (χ0n) is 19.5. The van der Waals surface area contributed by atoms with Gasteiger partial charge in [0.2, 0.25) is 5.91 Å². The highest BCUT2D eigenvalue weighted by Crippen LogP contribution is 2.39. The average Bonchev–Trinajstić information content (AvgIpc) is 3.47. The van der Waals surface area contributed by atoms with Crippen molar-refractivity contribution in [3.63, 3.8) is 0 Å². The maximum Gasteiger partial charge on any atom is 0.246 e. The van der Waals surface area contributed by atoms with Gasteiger partial charge >= 0.3 is 0 Å². The molecule has 7 nitrogen and oxygen atoms in total. The molecule has 0 aliphatic carbocycles. The van der Waals surface area contributed by atoms with E-state index in [0.29, 0.717) is 28.5 Å². The number of carbonyl (C=O) groups excluding carboxylic acids is 1. The predicted molar refractivity (Wildman–Crippen MR) is 143 cm³/mol. The standard InChI is InChI=1S/C27H25ClN4O3.ClH/c1-17-5-10-24-22(11-17)26(34)27(35)32(24)15-25(33)31(14-18-3-2-4-20(28)12-18)21-8-6-19(7-9-21)23-13-29-16-30-23;/h2-13,16,26-27,34-35H,14-15H2,1H3,(H,29,30);1H. The number of amides is 1. The second kappa shape index (κ2) is 10.7. The van der Waals surface area contributed by atoms with Crippen LogP contribution < -0.4 is 9.80 Å². The van der Waals surface area contributed by atoms with E-state index < -0.39 is 12.3 Å². The van der Waals surface area contributed by atoms with Gasteiger partial charge in [-0.2, -0.15) is 0 Å². The number of fused-ring (bicyclic) bond motifs is 1. The molecule has 1 aliphatic rings. The van der Waals surface area contributed by atoms with E-state index in [1.165, 1.54) is 0 Å². The Hall–Kier alpha value is -3.36. The second-order valence-electron chi connectivity index (χ2n) is 8.67. The molecule has 0 radical (unpaired) electrons. The van der Waals surface area contributed by atoms with Gasteiger partial charge in [0, 0.05) is 22.0 Å². The molecule has 0 spiro atoms. The van der Waals surface area contributed by atoms with Gasteiger partial charge in [-0.1, -0.05) is 53.6 Å². The molecule has 186 valence electrons. The summed E-state index contributed by atoms with van der Waals surface area (Å²) < 4.78 is 0. The molecule has 0 fully saturated rings. The first-order chi connectivity index (χ1) is 16.9. The number of hydrogen-bond donors (Lipinski definition) is 3. The van der Waals surface area contributed by atoms with Crippen molar-refractivity contribution in [3.8, 4) is 11.3 Å². The van der Waals surface area contributed by atoms with Gasteiger partial charge in [0.25, 0.3) is 0 Å². The van der Waals surface area contributed by atoms with Gasteiger partial charge < -0.3 is 25.0 Å². The van der Waals surface area contributed by atoms with E-state index in [1.54, 1.807) is 28.4 Å². The molecular formula is C27H26Cl2N4O3. The first kappa shape index (κ1) is 25.7. The smallest absolute Gasteiger partial charge is 0.246 e. The number of rotatable bonds is 6. The molecule has 0 saturated carbocycles. The highest BCUT2D eigenvalue weighted by atomic mass is 35.5.